The van der Waals surface area contributed by atoms with Crippen LogP contribution in [-0.4, -0.2) is 16.1 Å². The summed E-state index contributed by atoms with van der Waals surface area (Å²) < 4.78 is 5.73. The molecule has 0 saturated carbocycles. The summed E-state index contributed by atoms with van der Waals surface area (Å²) in [7, 11) is 0. The molecule has 0 atom stereocenters. The summed E-state index contributed by atoms with van der Waals surface area (Å²) in [5.41, 5.74) is 8.80. The Bertz CT molecular complexity index is 855. The lowest BCUT2D eigenvalue weighted by atomic mass is 10.1. The van der Waals surface area contributed by atoms with E-state index < -0.39 is 5.97 Å². The summed E-state index contributed by atoms with van der Waals surface area (Å²) in [6, 6.07) is 14.3. The van der Waals surface area contributed by atoms with E-state index in [0.29, 0.717) is 11.7 Å². The van der Waals surface area contributed by atoms with Gasteiger partial charge in [-0.05, 0) is 48.9 Å². The largest absolute Gasteiger partial charge is 0.489 e. The number of nitrogen functional groups attached to an aromatic ring is 1. The number of aromatic nitrogens is 1. The number of nitrogens with two attached hydrogens (primary N) is 1. The maximum atomic E-state index is 10.8. The van der Waals surface area contributed by atoms with Gasteiger partial charge in [-0.3, -0.25) is 0 Å². The van der Waals surface area contributed by atoms with Crippen molar-refractivity contribution in [2.24, 2.45) is 0 Å². The molecule has 1 aromatic heterocycles. The molecule has 0 unspecified atom stereocenters. The molecule has 0 radical (unpaired) electrons. The molecule has 5 nitrogen and oxygen atoms in total. The zero-order valence-electron chi connectivity index (χ0n) is 13.0. The molecule has 0 bridgehead atoms. The minimum absolute atomic E-state index is 0.265. The van der Waals surface area contributed by atoms with Gasteiger partial charge in [0.1, 0.15) is 12.4 Å². The van der Waals surface area contributed by atoms with Crippen LogP contribution in [0.25, 0.3) is 11.3 Å². The third-order valence-corrected chi connectivity index (χ3v) is 4.35. The van der Waals surface area contributed by atoms with E-state index in [1.165, 1.54) is 11.3 Å². The number of nitrogens with zero attached hydrogens (tertiary/aromatic N) is 1. The Labute approximate surface area is 143 Å². The van der Waals surface area contributed by atoms with Gasteiger partial charge in [-0.1, -0.05) is 12.1 Å². The molecule has 0 aliphatic heterocycles. The summed E-state index contributed by atoms with van der Waals surface area (Å²) >= 11 is 1.47. The van der Waals surface area contributed by atoms with Gasteiger partial charge >= 0.3 is 5.97 Å². The van der Waals surface area contributed by atoms with E-state index in [1.54, 1.807) is 24.3 Å². The number of aryl methyl sites for hydroxylation is 1. The molecule has 1 heterocycles. The lowest BCUT2D eigenvalue weighted by molar-refractivity contribution is 0.0697. The number of hydrogen-bond donors (Lipinski definition) is 2. The van der Waals surface area contributed by atoms with Gasteiger partial charge in [0.15, 0.2) is 5.13 Å². The molecule has 3 aromatic rings. The average molecular weight is 340 g/mol. The van der Waals surface area contributed by atoms with Crippen molar-refractivity contribution >= 4 is 22.4 Å². The van der Waals surface area contributed by atoms with Crippen molar-refractivity contribution in [3.8, 4) is 17.0 Å². The molecular formula is C18H16N2O3S. The highest BCUT2D eigenvalue weighted by Crippen LogP contribution is 2.29. The molecule has 0 fully saturated rings. The smallest absolute Gasteiger partial charge is 0.335 e. The Morgan fingerprint density at radius 1 is 1.17 bits per heavy atom. The van der Waals surface area contributed by atoms with Crippen molar-refractivity contribution in [2.75, 3.05) is 5.73 Å². The average Bonchev–Trinajstić information content (AvgIpc) is 2.92. The number of rotatable bonds is 5. The molecule has 3 N–H and O–H groups in total. The van der Waals surface area contributed by atoms with Crippen molar-refractivity contribution in [3.05, 3.63) is 64.5 Å². The lowest BCUT2D eigenvalue weighted by Gasteiger charge is -2.07. The van der Waals surface area contributed by atoms with Crippen LogP contribution in [0.2, 0.25) is 0 Å². The number of ether oxygens (including phenoxy) is 1. The van der Waals surface area contributed by atoms with Gasteiger partial charge in [0.05, 0.1) is 11.3 Å². The van der Waals surface area contributed by atoms with Crippen LogP contribution in [0, 0.1) is 6.92 Å². The molecule has 0 spiro atoms. The Morgan fingerprint density at radius 3 is 2.38 bits per heavy atom. The van der Waals surface area contributed by atoms with Gasteiger partial charge < -0.3 is 15.6 Å². The zero-order valence-corrected chi connectivity index (χ0v) is 13.8. The second-order valence-electron chi connectivity index (χ2n) is 5.27. The standard InChI is InChI=1S/C18H16N2O3S/c1-11-16(20-18(19)24-11)13-6-8-15(9-7-13)23-10-12-2-4-14(5-3-12)17(21)22/h2-9H,10H2,1H3,(H2,19,20)(H,21,22). The number of hydrogen-bond acceptors (Lipinski definition) is 5. The van der Waals surface area contributed by atoms with E-state index >= 15 is 0 Å². The second-order valence-corrected chi connectivity index (χ2v) is 6.51. The van der Waals surface area contributed by atoms with Crippen LogP contribution in [0.5, 0.6) is 5.75 Å². The predicted molar refractivity (Wildman–Crippen MR) is 94.4 cm³/mol. The Morgan fingerprint density at radius 2 is 1.83 bits per heavy atom. The number of carbonyl (C=O) groups is 1. The molecule has 6 heteroatoms. The van der Waals surface area contributed by atoms with E-state index in [2.05, 4.69) is 4.98 Å². The summed E-state index contributed by atoms with van der Waals surface area (Å²) in [5, 5.41) is 9.44. The van der Waals surface area contributed by atoms with Crippen LogP contribution in [0.15, 0.2) is 48.5 Å². The SMILES string of the molecule is Cc1sc(N)nc1-c1ccc(OCc2ccc(C(=O)O)cc2)cc1. The number of benzene rings is 2. The monoisotopic (exact) mass is 340 g/mol. The fraction of sp³-hybridized carbons (Fsp3) is 0.111. The van der Waals surface area contributed by atoms with Gasteiger partial charge in [-0.2, -0.15) is 0 Å². The molecule has 2 aromatic carbocycles. The summed E-state index contributed by atoms with van der Waals surface area (Å²) in [5.74, 6) is -0.196. The Hall–Kier alpha value is -2.86. The first-order valence-electron chi connectivity index (χ1n) is 7.31. The highest BCUT2D eigenvalue weighted by molar-refractivity contribution is 7.15. The van der Waals surface area contributed by atoms with E-state index in [4.69, 9.17) is 15.6 Å². The van der Waals surface area contributed by atoms with Crippen LogP contribution in [0.1, 0.15) is 20.8 Å². The maximum Gasteiger partial charge on any atom is 0.335 e. The van der Waals surface area contributed by atoms with E-state index in [1.807, 2.05) is 31.2 Å². The van der Waals surface area contributed by atoms with Gasteiger partial charge in [-0.25, -0.2) is 9.78 Å². The molecule has 0 amide bonds. The molecule has 122 valence electrons. The number of thiazole rings is 1. The molecule has 24 heavy (non-hydrogen) atoms. The normalized spacial score (nSPS) is 10.5. The minimum atomic E-state index is -0.934. The van der Waals surface area contributed by atoms with Gasteiger partial charge in [-0.15, -0.1) is 11.3 Å². The molecule has 0 aliphatic rings. The highest BCUT2D eigenvalue weighted by atomic mass is 32.1. The lowest BCUT2D eigenvalue weighted by Crippen LogP contribution is -1.98. The van der Waals surface area contributed by atoms with Crippen molar-refractivity contribution in [2.45, 2.75) is 13.5 Å². The van der Waals surface area contributed by atoms with Crippen molar-refractivity contribution in [3.63, 3.8) is 0 Å². The number of carboxylic acids is 1. The third kappa shape index (κ3) is 3.55. The predicted octanol–water partition coefficient (Wildman–Crippen LogP) is 3.98. The van der Waals surface area contributed by atoms with Gasteiger partial charge in [0.2, 0.25) is 0 Å². The minimum Gasteiger partial charge on any atom is -0.489 e. The van der Waals surface area contributed by atoms with Crippen LogP contribution < -0.4 is 10.5 Å². The quantitative estimate of drug-likeness (QED) is 0.734. The first kappa shape index (κ1) is 16.0. The summed E-state index contributed by atoms with van der Waals surface area (Å²) in [6.45, 7) is 2.37. The van der Waals surface area contributed by atoms with Crippen molar-refractivity contribution in [1.29, 1.82) is 0 Å². The summed E-state index contributed by atoms with van der Waals surface area (Å²) in [6.07, 6.45) is 0. The van der Waals surface area contributed by atoms with Gasteiger partial charge in [0, 0.05) is 10.4 Å². The fourth-order valence-corrected chi connectivity index (χ4v) is 3.01. The fourth-order valence-electron chi connectivity index (χ4n) is 2.30. The maximum absolute atomic E-state index is 10.8. The van der Waals surface area contributed by atoms with Crippen LogP contribution in [0.4, 0.5) is 5.13 Å². The second kappa shape index (κ2) is 6.72. The first-order valence-corrected chi connectivity index (χ1v) is 8.13. The van der Waals surface area contributed by atoms with Crippen molar-refractivity contribution in [1.82, 2.24) is 4.98 Å². The van der Waals surface area contributed by atoms with Gasteiger partial charge in [0.25, 0.3) is 0 Å². The molecule has 0 saturated heterocycles. The van der Waals surface area contributed by atoms with Crippen molar-refractivity contribution < 1.29 is 14.6 Å². The van der Waals surface area contributed by atoms with Crippen LogP contribution in [0.3, 0.4) is 0 Å². The Balaban J connectivity index is 1.66. The molecular weight excluding hydrogens is 324 g/mol. The third-order valence-electron chi connectivity index (χ3n) is 3.55. The highest BCUT2D eigenvalue weighted by Gasteiger charge is 2.08. The number of anilines is 1. The molecule has 3 rings (SSSR count). The first-order chi connectivity index (χ1) is 11.5. The van der Waals surface area contributed by atoms with E-state index in [9.17, 15) is 4.79 Å². The van der Waals surface area contributed by atoms with Crippen LogP contribution in [-0.2, 0) is 6.61 Å². The zero-order chi connectivity index (χ0) is 17.1. The summed E-state index contributed by atoms with van der Waals surface area (Å²) in [4.78, 5) is 16.2. The Kier molecular flexibility index (Phi) is 4.48. The number of carboxylic acid groups (broad SMARTS) is 1. The van der Waals surface area contributed by atoms with E-state index in [-0.39, 0.29) is 5.56 Å². The van der Waals surface area contributed by atoms with E-state index in [0.717, 1.165) is 27.4 Å². The molecule has 0 aliphatic carbocycles. The number of aromatic carboxylic acids is 1. The van der Waals surface area contributed by atoms with Crippen LogP contribution >= 0.6 is 11.3 Å². The topological polar surface area (TPSA) is 85.4 Å².